The zero-order valence-corrected chi connectivity index (χ0v) is 66.5. The average Bonchev–Trinajstić information content (AvgIpc) is 0.751. The van der Waals surface area contributed by atoms with Crippen molar-refractivity contribution in [2.24, 2.45) is 45.9 Å². The summed E-state index contributed by atoms with van der Waals surface area (Å²) in [5.41, 5.74) is 39.5. The lowest BCUT2D eigenvalue weighted by Crippen LogP contribution is -2.36. The molecule has 6 aromatic carbocycles. The second kappa shape index (κ2) is 38.9. The maximum absolute atomic E-state index is 14.5. The number of nitrogens with two attached hydrogens (primary N) is 8. The van der Waals surface area contributed by atoms with Gasteiger partial charge in [0.25, 0.3) is 20.2 Å². The molecule has 118 heavy (non-hydrogen) atoms. The van der Waals surface area contributed by atoms with Gasteiger partial charge in [0.1, 0.15) is 9.79 Å². The Kier molecular flexibility index (Phi) is 29.9. The number of aromatic nitrogens is 6. The zero-order chi connectivity index (χ0) is 86.8. The van der Waals surface area contributed by atoms with Gasteiger partial charge in [0, 0.05) is 138 Å². The first-order valence-corrected chi connectivity index (χ1v) is 43.0. The van der Waals surface area contributed by atoms with E-state index in [1.807, 2.05) is 0 Å². The van der Waals surface area contributed by atoms with E-state index in [0.29, 0.717) is 0 Å². The quantitative estimate of drug-likeness (QED) is 0.0217. The fraction of sp³-hybridized carbons (Fsp3) is 0.242. The summed E-state index contributed by atoms with van der Waals surface area (Å²) < 4.78 is 195. The van der Waals surface area contributed by atoms with Gasteiger partial charge in [0.05, 0.1) is 31.0 Å². The first-order valence-electron chi connectivity index (χ1n) is 34.3. The molecule has 0 aliphatic heterocycles. The van der Waals surface area contributed by atoms with Crippen molar-refractivity contribution in [3.05, 3.63) is 133 Å². The van der Waals surface area contributed by atoms with Crippen LogP contribution in [0.25, 0.3) is 11.1 Å². The minimum Gasteiger partial charge on any atom is -0.370 e. The Bertz CT molecular complexity index is 5600. The third-order valence-electron chi connectivity index (χ3n) is 16.4. The number of carbonyl (C=O) groups is 8. The number of primary amides is 8. The molecular weight excluding hydrogens is 1670 g/mol. The molecular formula is C66H78N24O22S6. The van der Waals surface area contributed by atoms with Gasteiger partial charge in [0.2, 0.25) is 123 Å². The molecule has 0 radical (unpaired) electrons. The number of hydrogen-bond donors (Lipinski definition) is 16. The summed E-state index contributed by atoms with van der Waals surface area (Å²) in [5, 5.41) is 16.6. The van der Waals surface area contributed by atoms with Crippen LogP contribution in [0.5, 0.6) is 0 Å². The second-order valence-electron chi connectivity index (χ2n) is 25.1. The summed E-state index contributed by atoms with van der Waals surface area (Å²) in [6.45, 7) is -4.09. The molecule has 0 saturated carbocycles. The Morgan fingerprint density at radius 1 is 0.288 bits per heavy atom. The normalized spacial score (nSPS) is 12.1. The van der Waals surface area contributed by atoms with Gasteiger partial charge in [-0.3, -0.25) is 47.5 Å². The molecule has 2 aromatic heterocycles. The minimum absolute atomic E-state index is 0.137. The summed E-state index contributed by atoms with van der Waals surface area (Å²) in [5.74, 6) is -11.1. The predicted molar refractivity (Wildman–Crippen MR) is 422 cm³/mol. The molecule has 24 N–H and O–H groups in total. The zero-order valence-electron chi connectivity index (χ0n) is 61.6. The third-order valence-corrected chi connectivity index (χ3v) is 25.8. The first kappa shape index (κ1) is 90.9. The molecule has 0 unspecified atom stereocenters. The van der Waals surface area contributed by atoms with Crippen molar-refractivity contribution in [2.75, 3.05) is 84.3 Å². The number of carbonyl (C=O) groups excluding carboxylic acids is 8. The lowest BCUT2D eigenvalue weighted by Gasteiger charge is -2.22. The average molecular weight is 1750 g/mol. The van der Waals surface area contributed by atoms with Crippen LogP contribution in [-0.2, 0) is 98.7 Å². The van der Waals surface area contributed by atoms with Gasteiger partial charge in [-0.2, -0.15) is 64.0 Å². The van der Waals surface area contributed by atoms with Crippen molar-refractivity contribution in [2.45, 2.75) is 80.7 Å². The van der Waals surface area contributed by atoms with E-state index in [0.717, 1.165) is 96.1 Å². The number of amides is 8. The van der Waals surface area contributed by atoms with E-state index in [1.165, 1.54) is 54.6 Å². The number of rotatable bonds is 47. The van der Waals surface area contributed by atoms with E-state index >= 15 is 0 Å². The molecule has 8 aromatic rings. The molecule has 0 atom stereocenters. The summed E-state index contributed by atoms with van der Waals surface area (Å²) >= 11 is 0. The van der Waals surface area contributed by atoms with Gasteiger partial charge in [-0.1, -0.05) is 48.5 Å². The van der Waals surface area contributed by atoms with E-state index in [2.05, 4.69) is 61.8 Å². The topological polar surface area (TPSA) is 753 Å². The van der Waals surface area contributed by atoms with Crippen LogP contribution in [0.3, 0.4) is 0 Å². The summed E-state index contributed by atoms with van der Waals surface area (Å²) in [6.07, 6.45) is -3.98. The lowest BCUT2D eigenvalue weighted by molar-refractivity contribution is -0.119. The molecule has 0 bridgehead atoms. The Labute approximate surface area is 674 Å². The van der Waals surface area contributed by atoms with E-state index in [9.17, 15) is 98.0 Å². The number of sulfonamides is 4. The van der Waals surface area contributed by atoms with Gasteiger partial charge in [-0.05, 0) is 84.9 Å². The molecule has 0 fully saturated rings. The second-order valence-corrected chi connectivity index (χ2v) is 35.6. The SMILES string of the molecule is NC(=O)CCN(CCC(N)=O)S(=O)(=O)c1cccc(Nc2nc(Nc3cccc(S(=O)(=O)N(CCC(N)=O)CCC(N)=O)c3)nc(Nc3ccc(-c4ccccc4S(=O)(=O)O)c(S(=O)(=O)O)c3Nc3nc(Nc4cccc(S(=O)(=O)N(CCC(N)=O)CCC(N)=O)c4)nc(Nc4cccc(S(=O)(=O)N(CCC(N)=O)CCC(N)=O)c4)n3)n2)c1. The van der Waals surface area contributed by atoms with Crippen molar-refractivity contribution in [3.63, 3.8) is 0 Å². The summed E-state index contributed by atoms with van der Waals surface area (Å²) in [4.78, 5) is 118. The van der Waals surface area contributed by atoms with Crippen LogP contribution >= 0.6 is 0 Å². The van der Waals surface area contributed by atoms with Crippen molar-refractivity contribution in [1.82, 2.24) is 47.1 Å². The Morgan fingerprint density at radius 2 is 0.534 bits per heavy atom. The summed E-state index contributed by atoms with van der Waals surface area (Å²) in [6, 6.07) is 25.2. The van der Waals surface area contributed by atoms with Crippen molar-refractivity contribution < 1.29 is 98.0 Å². The molecule has 8 amide bonds. The van der Waals surface area contributed by atoms with Gasteiger partial charge in [-0.25, -0.2) is 33.7 Å². The monoisotopic (exact) mass is 1750 g/mol. The molecule has 8 rings (SSSR count). The van der Waals surface area contributed by atoms with Gasteiger partial charge >= 0.3 is 0 Å². The molecule has 52 heteroatoms. The molecule has 46 nitrogen and oxygen atoms in total. The standard InChI is InChI=1S/C66H78N24O22S6/c67-51(91)19-27-87(28-20-52(68)92)113(99,100)43-11-3-7-39(35-43)75-61-81-62(76-40-8-4-12-44(36-40)114(101,102)88(29-21-53(69)93)30-22-54(70)94)84-65(83-61)79-49-18-17-48(47-15-1-2-16-50(47)117(107,108)109)60(118(110,111)112)59(49)80-66-85-63(77-41-9-5-13-45(37-41)115(103,104)89(31-23-55(71)95)32-24-56(72)96)82-64(86-66)78-42-10-6-14-46(38-42)116(105,106)90(33-25-57(73)97)34-26-58(74)98/h1-18,35-38H,19-34H2,(H2,67,91)(H2,68,92)(H2,69,93)(H2,70,94)(H2,71,95)(H2,72,96)(H2,73,97)(H2,74,98)(H,107,108,109)(H,110,111,112)(H3,75,76,79,81,83,84)(H3,77,78,80,82,85,86). The molecule has 0 aliphatic rings. The Balaban J connectivity index is 1.37. The highest BCUT2D eigenvalue weighted by Gasteiger charge is 2.34. The fourth-order valence-corrected chi connectivity index (χ4v) is 18.4. The van der Waals surface area contributed by atoms with E-state index in [-0.39, 0.29) is 22.7 Å². The van der Waals surface area contributed by atoms with Crippen molar-refractivity contribution in [1.29, 1.82) is 0 Å². The Morgan fingerprint density at radius 3 is 0.780 bits per heavy atom. The lowest BCUT2D eigenvalue weighted by atomic mass is 10.0. The largest absolute Gasteiger partial charge is 0.370 e. The van der Waals surface area contributed by atoms with E-state index in [1.54, 1.807) is 0 Å². The van der Waals surface area contributed by atoms with E-state index in [4.69, 9.17) is 45.9 Å². The molecule has 0 spiro atoms. The fourth-order valence-electron chi connectivity index (χ4n) is 10.9. The van der Waals surface area contributed by atoms with Crippen molar-refractivity contribution >= 4 is 177 Å². The van der Waals surface area contributed by atoms with E-state index < -0.39 is 299 Å². The van der Waals surface area contributed by atoms with Gasteiger partial charge in [-0.15, -0.1) is 0 Å². The smallest absolute Gasteiger partial charge is 0.297 e. The number of hydrogen-bond acceptors (Lipinski definition) is 32. The highest BCUT2D eigenvalue weighted by molar-refractivity contribution is 7.90. The molecule has 0 saturated heterocycles. The van der Waals surface area contributed by atoms with Gasteiger partial charge < -0.3 is 77.8 Å². The van der Waals surface area contributed by atoms with Crippen LogP contribution in [0, 0.1) is 0 Å². The highest BCUT2D eigenvalue weighted by Crippen LogP contribution is 2.43. The number of nitrogens with zero attached hydrogens (tertiary/aromatic N) is 10. The predicted octanol–water partition coefficient (Wildman–Crippen LogP) is -0.355. The molecule has 630 valence electrons. The van der Waals surface area contributed by atoms with Gasteiger partial charge in [0.15, 0.2) is 0 Å². The molecule has 0 aliphatic carbocycles. The van der Waals surface area contributed by atoms with Crippen molar-refractivity contribution in [3.8, 4) is 11.1 Å². The highest BCUT2D eigenvalue weighted by atomic mass is 32.2. The maximum Gasteiger partial charge on any atom is 0.297 e. The Hall–Kier alpha value is -12.6. The summed E-state index contributed by atoms with van der Waals surface area (Å²) in [7, 11) is -29.8. The van der Waals surface area contributed by atoms with Crippen LogP contribution in [-0.4, -0.2) is 206 Å². The number of anilines is 12. The molecule has 2 heterocycles. The maximum atomic E-state index is 14.5. The van der Waals surface area contributed by atoms with Crippen LogP contribution < -0.4 is 77.8 Å². The van der Waals surface area contributed by atoms with Crippen LogP contribution in [0.2, 0.25) is 0 Å². The number of nitrogens with one attached hydrogen (secondary N) is 6. The number of benzene rings is 6. The minimum atomic E-state index is -5.87. The van der Waals surface area contributed by atoms with Crippen LogP contribution in [0.4, 0.5) is 69.8 Å². The third kappa shape index (κ3) is 25.2. The first-order chi connectivity index (χ1) is 55.3. The van der Waals surface area contributed by atoms with Crippen LogP contribution in [0.15, 0.2) is 163 Å². The van der Waals surface area contributed by atoms with Crippen LogP contribution in [0.1, 0.15) is 51.4 Å².